The van der Waals surface area contributed by atoms with Gasteiger partial charge in [-0.25, -0.2) is 28.8 Å². The van der Waals surface area contributed by atoms with Crippen molar-refractivity contribution in [3.05, 3.63) is 263 Å². The van der Waals surface area contributed by atoms with Crippen LogP contribution in [0, 0.1) is 0 Å². The molecule has 0 spiro atoms. The Labute approximate surface area is 849 Å². The average Bonchev–Trinajstić information content (AvgIpc) is 1.72. The Morgan fingerprint density at radius 2 is 0.587 bits per heavy atom. The van der Waals surface area contributed by atoms with E-state index >= 15 is 0 Å². The van der Waals surface area contributed by atoms with E-state index in [4.69, 9.17) is 52.8 Å². The quantitative estimate of drug-likeness (QED) is 0.0134. The molecule has 2 atom stereocenters. The molecule has 0 bridgehead atoms. The molecule has 0 aliphatic carbocycles. The standard InChI is InChI=1S/C28H41NO5.C26H39NO4.C26H37NO4.C22H29NO4.C9H13NO2.C5H5NO2/c1-6-7-8-9-10-11-12-23-13-15-25(16-14-23)32-21-26(33-22(2)30)20-29-18-17-24(19-29)27(31)34-28(3,4)5;2*1-5-6-7-8-9-10-11-21-12-14-24(15-13-21)30-20-23(28)19-27-17-16-22(18-27)25(29)31-26(2,3)4;1-2-3-4-5-6-7-8-18-9-11-21(12-10-18)27-17-20(24)16-23-14-13-19(15-23)22(25)26;1-9(2,3)12-8(11)7-4-5-10-6-7;7-5(8)4-1-2-6-3-4/h13-19,26H,6-12,20-21H2,1-5H3;12-18,23,28H,5-11,19-20H2,1-4H3;12-18H,5-11,19-20H2,1-4H3;9-15H,2-8,16-17H2,1H3,(H,25,26);4-6,10H,1-3H3;1-3,6H,(H,7,8). The van der Waals surface area contributed by atoms with Crippen LogP contribution in [0.15, 0.2) is 208 Å². The number of ketones is 2. The monoisotopic (exact) mass is 1980 g/mol. The summed E-state index contributed by atoms with van der Waals surface area (Å²) in [5.74, 6) is -1.01. The number of Topliss-reactive ketones (excluding diaryl/α,β-unsaturated/α-hetero) is 2. The molecule has 784 valence electrons. The van der Waals surface area contributed by atoms with Crippen molar-refractivity contribution >= 4 is 53.4 Å². The van der Waals surface area contributed by atoms with Crippen molar-refractivity contribution in [1.29, 1.82) is 0 Å². The number of aromatic nitrogens is 6. The van der Waals surface area contributed by atoms with Gasteiger partial charge in [0.15, 0.2) is 17.7 Å². The number of aromatic carboxylic acids is 2. The third kappa shape index (κ3) is 56.1. The Hall–Kier alpha value is -12.7. The topological polar surface area (TPSA) is 349 Å². The van der Waals surface area contributed by atoms with Crippen molar-refractivity contribution < 1.29 is 101 Å². The zero-order valence-corrected chi connectivity index (χ0v) is 88.2. The number of nitrogens with one attached hydrogen (secondary N) is 2. The zero-order valence-electron chi connectivity index (χ0n) is 88.2. The number of carboxylic acids is 2. The number of carbonyl (C=O) groups excluding carboxylic acids is 7. The van der Waals surface area contributed by atoms with Crippen LogP contribution in [-0.2, 0) is 89.9 Å². The fraction of sp³-hybridized carbons (Fsp3) is 0.509. The van der Waals surface area contributed by atoms with E-state index < -0.39 is 52.5 Å². The molecule has 5 N–H and O–H groups in total. The molecule has 6 aromatic heterocycles. The summed E-state index contributed by atoms with van der Waals surface area (Å²) in [4.78, 5) is 110. The molecular formula is C116H164N6O21. The summed E-state index contributed by atoms with van der Waals surface area (Å²) in [5.41, 5.74) is 5.56. The molecule has 0 amide bonds. The molecule has 27 heteroatoms. The number of H-pyrrole nitrogens is 2. The van der Waals surface area contributed by atoms with Crippen LogP contribution in [0.2, 0.25) is 0 Å². The second-order valence-corrected chi connectivity index (χ2v) is 40.0. The molecule has 0 saturated carbocycles. The highest BCUT2D eigenvalue weighted by Crippen LogP contribution is 2.25. The van der Waals surface area contributed by atoms with Gasteiger partial charge in [0.05, 0.1) is 59.6 Å². The van der Waals surface area contributed by atoms with Gasteiger partial charge in [-0.1, -0.05) is 205 Å². The van der Waals surface area contributed by atoms with Gasteiger partial charge in [0.1, 0.15) is 77.9 Å². The number of aliphatic hydroxyl groups is 1. The number of esters is 5. The smallest absolute Gasteiger partial charge is 0.340 e. The van der Waals surface area contributed by atoms with Crippen LogP contribution in [0.25, 0.3) is 0 Å². The number of carboxylic acid groups (broad SMARTS) is 2. The first kappa shape index (κ1) is 121. The number of hydrogen-bond acceptors (Lipinski definition) is 19. The van der Waals surface area contributed by atoms with Crippen LogP contribution in [0.1, 0.15) is 356 Å². The largest absolute Gasteiger partial charge is 0.491 e. The van der Waals surface area contributed by atoms with Gasteiger partial charge in [0.2, 0.25) is 0 Å². The number of nitrogens with zero attached hydrogens (tertiary/aromatic N) is 4. The fourth-order valence-electron chi connectivity index (χ4n) is 14.5. The molecule has 143 heavy (non-hydrogen) atoms. The number of aliphatic hydroxyl groups excluding tert-OH is 1. The first-order valence-corrected chi connectivity index (χ1v) is 51.1. The lowest BCUT2D eigenvalue weighted by molar-refractivity contribution is -0.148. The van der Waals surface area contributed by atoms with Crippen LogP contribution < -0.4 is 18.9 Å². The number of hydrogen-bond donors (Lipinski definition) is 5. The number of ether oxygens (including phenoxy) is 9. The Kier molecular flexibility index (Phi) is 56.0. The molecule has 0 saturated heterocycles. The fourth-order valence-corrected chi connectivity index (χ4v) is 14.5. The first-order chi connectivity index (χ1) is 68.1. The van der Waals surface area contributed by atoms with E-state index in [0.717, 1.165) is 37.2 Å². The maximum Gasteiger partial charge on any atom is 0.340 e. The van der Waals surface area contributed by atoms with Gasteiger partial charge in [-0.2, -0.15) is 0 Å². The van der Waals surface area contributed by atoms with Crippen LogP contribution in [0.5, 0.6) is 23.0 Å². The highest BCUT2D eigenvalue weighted by molar-refractivity contribution is 5.92. The first-order valence-electron chi connectivity index (χ1n) is 51.1. The summed E-state index contributed by atoms with van der Waals surface area (Å²) in [5, 5.41) is 27.4. The minimum atomic E-state index is -1.00. The average molecular weight is 1980 g/mol. The highest BCUT2D eigenvalue weighted by Gasteiger charge is 2.25. The highest BCUT2D eigenvalue weighted by atomic mass is 16.6. The molecule has 6 heterocycles. The van der Waals surface area contributed by atoms with Gasteiger partial charge in [-0.05, 0) is 242 Å². The minimum absolute atomic E-state index is 0.00325. The third-order valence-electron chi connectivity index (χ3n) is 21.8. The van der Waals surface area contributed by atoms with Crippen LogP contribution in [0.3, 0.4) is 0 Å². The molecule has 2 unspecified atom stereocenters. The summed E-state index contributed by atoms with van der Waals surface area (Å²) in [6.07, 6.45) is 53.8. The van der Waals surface area contributed by atoms with E-state index in [9.17, 15) is 48.3 Å². The molecule has 0 aliphatic heterocycles. The maximum atomic E-state index is 12.3. The second kappa shape index (κ2) is 66.2. The Bertz CT molecular complexity index is 5220. The van der Waals surface area contributed by atoms with E-state index in [1.165, 1.54) is 208 Å². The van der Waals surface area contributed by atoms with Crippen LogP contribution in [-0.4, -0.2) is 158 Å². The normalized spacial score (nSPS) is 11.6. The van der Waals surface area contributed by atoms with Crippen molar-refractivity contribution in [2.75, 3.05) is 26.4 Å². The van der Waals surface area contributed by atoms with E-state index in [2.05, 4.69) is 86.2 Å². The van der Waals surface area contributed by atoms with Gasteiger partial charge in [-0.3, -0.25) is 14.4 Å². The SMILES string of the molecule is CC(C)(C)OC(=O)c1cc[nH]c1.CCCCCCCCc1ccc(OCC(=O)Cn2ccc(C(=O)O)c2)cc1.CCCCCCCCc1ccc(OCC(=O)Cn2ccc(C(=O)OC(C)(C)C)c2)cc1.CCCCCCCCc1ccc(OCC(Cn2ccc(C(=O)OC(C)(C)C)c2)OC(C)=O)cc1.CCCCCCCCc1ccc(OCC(O)Cn2ccc(C(=O)OC(C)(C)C)c2)cc1.O=C(O)c1cc[nH]c1. The molecule has 0 aliphatic rings. The molecule has 27 nitrogen and oxygen atoms in total. The van der Waals surface area contributed by atoms with E-state index in [1.54, 1.807) is 105 Å². The Balaban J connectivity index is 0.000000315. The van der Waals surface area contributed by atoms with Gasteiger partial charge >= 0.3 is 41.8 Å². The molecule has 10 rings (SSSR count). The lowest BCUT2D eigenvalue weighted by Crippen LogP contribution is -2.28. The Morgan fingerprint density at radius 3 is 0.881 bits per heavy atom. The third-order valence-corrected chi connectivity index (χ3v) is 21.8. The van der Waals surface area contributed by atoms with Gasteiger partial charge in [-0.15, -0.1) is 0 Å². The number of unbranched alkanes of at least 4 members (excludes halogenated alkanes) is 20. The maximum absolute atomic E-state index is 12.3. The number of aromatic amines is 2. The molecule has 10 aromatic rings. The summed E-state index contributed by atoms with van der Waals surface area (Å²) >= 11 is 0. The van der Waals surface area contributed by atoms with E-state index in [0.29, 0.717) is 52.4 Å². The zero-order chi connectivity index (χ0) is 105. The van der Waals surface area contributed by atoms with Crippen molar-refractivity contribution in [1.82, 2.24) is 28.2 Å². The number of aryl methyl sites for hydroxylation is 4. The minimum Gasteiger partial charge on any atom is -0.491 e. The molecule has 4 aromatic carbocycles. The second-order valence-electron chi connectivity index (χ2n) is 40.0. The van der Waals surface area contributed by atoms with Crippen molar-refractivity contribution in [2.45, 2.75) is 358 Å². The number of rotatable bonds is 55. The number of benzene rings is 4. The van der Waals surface area contributed by atoms with Crippen LogP contribution >= 0.6 is 0 Å². The summed E-state index contributed by atoms with van der Waals surface area (Å²) < 4.78 is 56.3. The molecule has 0 radical (unpaired) electrons. The van der Waals surface area contributed by atoms with Crippen molar-refractivity contribution in [3.63, 3.8) is 0 Å². The lowest BCUT2D eigenvalue weighted by atomic mass is 10.0. The predicted octanol–water partition coefficient (Wildman–Crippen LogP) is 25.6. The van der Waals surface area contributed by atoms with Gasteiger partial charge in [0, 0.05) is 81.3 Å². The van der Waals surface area contributed by atoms with Crippen molar-refractivity contribution in [2.24, 2.45) is 0 Å². The summed E-state index contributed by atoms with van der Waals surface area (Å²) in [6.45, 7) is 33.7. The van der Waals surface area contributed by atoms with E-state index in [1.807, 2.05) is 132 Å². The van der Waals surface area contributed by atoms with Gasteiger partial charge in [0.25, 0.3) is 0 Å². The summed E-state index contributed by atoms with van der Waals surface area (Å²) in [6, 6.07) is 41.9. The van der Waals surface area contributed by atoms with Crippen LogP contribution in [0.4, 0.5) is 0 Å². The lowest BCUT2D eigenvalue weighted by Gasteiger charge is -2.19. The van der Waals surface area contributed by atoms with E-state index in [-0.39, 0.29) is 80.5 Å². The van der Waals surface area contributed by atoms with Crippen molar-refractivity contribution in [3.8, 4) is 23.0 Å². The molecular weight excluding hydrogens is 1810 g/mol. The summed E-state index contributed by atoms with van der Waals surface area (Å²) in [7, 11) is 0. The Morgan fingerprint density at radius 1 is 0.315 bits per heavy atom. The molecule has 0 fully saturated rings. The predicted molar refractivity (Wildman–Crippen MR) is 562 cm³/mol. The number of carbonyl (C=O) groups is 9. The van der Waals surface area contributed by atoms with Gasteiger partial charge < -0.3 is 86.2 Å².